The second-order valence-corrected chi connectivity index (χ2v) is 6.26. The van der Waals surface area contributed by atoms with Crippen molar-refractivity contribution in [3.05, 3.63) is 29.8 Å². The lowest BCUT2D eigenvalue weighted by molar-refractivity contribution is 0.0161. The number of benzene rings is 1. The molecule has 2 aliphatic rings. The lowest BCUT2D eigenvalue weighted by Gasteiger charge is -2.33. The molecule has 3 rings (SSSR count). The van der Waals surface area contributed by atoms with Crippen LogP contribution in [-0.2, 0) is 4.74 Å². The summed E-state index contributed by atoms with van der Waals surface area (Å²) in [4.78, 5) is 0. The first-order valence-electron chi connectivity index (χ1n) is 8.34. The second-order valence-electron chi connectivity index (χ2n) is 6.26. The molecule has 3 unspecified atom stereocenters. The molecular weight excluding hydrogens is 262 g/mol. The summed E-state index contributed by atoms with van der Waals surface area (Å²) in [6.45, 7) is 3.75. The Morgan fingerprint density at radius 2 is 2.10 bits per heavy atom. The number of fused-ring (bicyclic) bond motifs is 1. The normalized spacial score (nSPS) is 24.0. The molecule has 1 aliphatic carbocycles. The fraction of sp³-hybridized carbons (Fsp3) is 0.667. The van der Waals surface area contributed by atoms with E-state index in [-0.39, 0.29) is 0 Å². The van der Waals surface area contributed by atoms with E-state index in [9.17, 15) is 0 Å². The van der Waals surface area contributed by atoms with Crippen LogP contribution in [0.5, 0.6) is 5.75 Å². The topological polar surface area (TPSA) is 30.5 Å². The first-order chi connectivity index (χ1) is 10.3. The highest BCUT2D eigenvalue weighted by Crippen LogP contribution is 2.40. The Hall–Kier alpha value is -1.06. The van der Waals surface area contributed by atoms with Crippen molar-refractivity contribution in [3.63, 3.8) is 0 Å². The Morgan fingerprint density at radius 3 is 2.81 bits per heavy atom. The van der Waals surface area contributed by atoms with Crippen molar-refractivity contribution >= 4 is 0 Å². The van der Waals surface area contributed by atoms with Gasteiger partial charge in [-0.05, 0) is 63.1 Å². The van der Waals surface area contributed by atoms with E-state index >= 15 is 0 Å². The van der Waals surface area contributed by atoms with Gasteiger partial charge in [-0.25, -0.2) is 0 Å². The van der Waals surface area contributed by atoms with Crippen molar-refractivity contribution in [2.45, 2.75) is 50.7 Å². The zero-order valence-corrected chi connectivity index (χ0v) is 13.2. The van der Waals surface area contributed by atoms with E-state index in [4.69, 9.17) is 9.47 Å². The largest absolute Gasteiger partial charge is 0.493 e. The minimum atomic E-state index is 0.370. The summed E-state index contributed by atoms with van der Waals surface area (Å²) in [5, 5.41) is 3.52. The van der Waals surface area contributed by atoms with E-state index in [1.165, 1.54) is 18.4 Å². The highest BCUT2D eigenvalue weighted by atomic mass is 16.5. The van der Waals surface area contributed by atoms with Crippen molar-refractivity contribution in [2.24, 2.45) is 5.92 Å². The van der Waals surface area contributed by atoms with E-state index in [0.717, 1.165) is 37.7 Å². The lowest BCUT2D eigenvalue weighted by atomic mass is 9.85. The number of likely N-dealkylation sites (N-methyl/N-ethyl adjacent to an activating group) is 1. The van der Waals surface area contributed by atoms with Crippen LogP contribution in [0.4, 0.5) is 0 Å². The molecule has 1 N–H and O–H groups in total. The molecule has 1 aromatic rings. The maximum Gasteiger partial charge on any atom is 0.122 e. The minimum absolute atomic E-state index is 0.370. The van der Waals surface area contributed by atoms with Gasteiger partial charge in [-0.1, -0.05) is 18.2 Å². The van der Waals surface area contributed by atoms with Gasteiger partial charge in [-0.3, -0.25) is 0 Å². The molecule has 21 heavy (non-hydrogen) atoms. The average molecular weight is 289 g/mol. The SMILES string of the molecule is CCOC(C1CC1)C(CC1CCOc2ccccc21)NC. The highest BCUT2D eigenvalue weighted by molar-refractivity contribution is 5.37. The summed E-state index contributed by atoms with van der Waals surface area (Å²) in [5.41, 5.74) is 1.37. The third-order valence-electron chi connectivity index (χ3n) is 4.83. The highest BCUT2D eigenvalue weighted by Gasteiger charge is 2.38. The van der Waals surface area contributed by atoms with Crippen LogP contribution in [0.3, 0.4) is 0 Å². The number of hydrogen-bond donors (Lipinski definition) is 1. The smallest absolute Gasteiger partial charge is 0.122 e. The molecule has 1 aromatic carbocycles. The molecular formula is C18H27NO2. The van der Waals surface area contributed by atoms with Gasteiger partial charge in [-0.15, -0.1) is 0 Å². The Morgan fingerprint density at radius 1 is 1.29 bits per heavy atom. The fourth-order valence-electron chi connectivity index (χ4n) is 3.58. The molecule has 1 fully saturated rings. The van der Waals surface area contributed by atoms with Gasteiger partial charge in [0.25, 0.3) is 0 Å². The molecule has 1 saturated carbocycles. The Labute approximate surface area is 128 Å². The first kappa shape index (κ1) is 14.9. The second kappa shape index (κ2) is 6.80. The van der Waals surface area contributed by atoms with E-state index in [1.54, 1.807) is 0 Å². The Bertz CT molecular complexity index is 458. The lowest BCUT2D eigenvalue weighted by Crippen LogP contribution is -2.42. The predicted octanol–water partition coefficient (Wildman–Crippen LogP) is 3.35. The monoisotopic (exact) mass is 289 g/mol. The molecule has 0 amide bonds. The predicted molar refractivity (Wildman–Crippen MR) is 84.9 cm³/mol. The van der Waals surface area contributed by atoms with Crippen LogP contribution in [0.25, 0.3) is 0 Å². The minimum Gasteiger partial charge on any atom is -0.493 e. The molecule has 0 radical (unpaired) electrons. The van der Waals surface area contributed by atoms with Gasteiger partial charge in [0.15, 0.2) is 0 Å². The van der Waals surface area contributed by atoms with Gasteiger partial charge in [-0.2, -0.15) is 0 Å². The molecule has 0 spiro atoms. The van der Waals surface area contributed by atoms with Crippen LogP contribution >= 0.6 is 0 Å². The van der Waals surface area contributed by atoms with Crippen LogP contribution in [0.2, 0.25) is 0 Å². The summed E-state index contributed by atoms with van der Waals surface area (Å²) < 4.78 is 11.8. The van der Waals surface area contributed by atoms with Crippen molar-refractivity contribution in [1.82, 2.24) is 5.32 Å². The van der Waals surface area contributed by atoms with E-state index in [1.807, 2.05) is 0 Å². The van der Waals surface area contributed by atoms with E-state index in [2.05, 4.69) is 43.6 Å². The molecule has 3 nitrogen and oxygen atoms in total. The van der Waals surface area contributed by atoms with E-state index in [0.29, 0.717) is 18.1 Å². The zero-order chi connectivity index (χ0) is 14.7. The van der Waals surface area contributed by atoms with Crippen LogP contribution in [0.1, 0.15) is 44.1 Å². The summed E-state index contributed by atoms with van der Waals surface area (Å²) in [5.74, 6) is 2.41. The third kappa shape index (κ3) is 3.41. The van der Waals surface area contributed by atoms with Crippen LogP contribution in [-0.4, -0.2) is 32.4 Å². The maximum atomic E-state index is 6.05. The number of hydrogen-bond acceptors (Lipinski definition) is 3. The van der Waals surface area contributed by atoms with Gasteiger partial charge in [0.05, 0.1) is 12.7 Å². The standard InChI is InChI=1S/C18H27NO2/c1-3-20-18(13-8-9-13)16(19-2)12-14-10-11-21-17-7-5-4-6-15(14)17/h4-7,13-14,16,18-19H,3,8-12H2,1-2H3. The summed E-state index contributed by atoms with van der Waals surface area (Å²) >= 11 is 0. The van der Waals surface area contributed by atoms with Crippen LogP contribution in [0, 0.1) is 5.92 Å². The average Bonchev–Trinajstić information content (AvgIpc) is 3.35. The van der Waals surface area contributed by atoms with Gasteiger partial charge in [0.2, 0.25) is 0 Å². The summed E-state index contributed by atoms with van der Waals surface area (Å²) in [6, 6.07) is 8.93. The number of para-hydroxylation sites is 1. The first-order valence-corrected chi connectivity index (χ1v) is 8.34. The molecule has 116 valence electrons. The van der Waals surface area contributed by atoms with Gasteiger partial charge >= 0.3 is 0 Å². The van der Waals surface area contributed by atoms with Crippen molar-refractivity contribution < 1.29 is 9.47 Å². The molecule has 0 bridgehead atoms. The van der Waals surface area contributed by atoms with Crippen molar-refractivity contribution in [3.8, 4) is 5.75 Å². The molecule has 0 aromatic heterocycles. The van der Waals surface area contributed by atoms with Gasteiger partial charge < -0.3 is 14.8 Å². The third-order valence-corrected chi connectivity index (χ3v) is 4.83. The Balaban J connectivity index is 1.72. The fourth-order valence-corrected chi connectivity index (χ4v) is 3.58. The molecule has 3 atom stereocenters. The van der Waals surface area contributed by atoms with Gasteiger partial charge in [0.1, 0.15) is 5.75 Å². The zero-order valence-electron chi connectivity index (χ0n) is 13.2. The maximum absolute atomic E-state index is 6.05. The van der Waals surface area contributed by atoms with Gasteiger partial charge in [0, 0.05) is 12.6 Å². The van der Waals surface area contributed by atoms with Crippen molar-refractivity contribution in [1.29, 1.82) is 0 Å². The molecule has 3 heteroatoms. The summed E-state index contributed by atoms with van der Waals surface area (Å²) in [7, 11) is 2.07. The number of rotatable bonds is 7. The summed E-state index contributed by atoms with van der Waals surface area (Å²) in [6.07, 6.45) is 5.27. The van der Waals surface area contributed by atoms with Crippen LogP contribution < -0.4 is 10.1 Å². The molecule has 1 aliphatic heterocycles. The molecule has 1 heterocycles. The quantitative estimate of drug-likeness (QED) is 0.835. The number of ether oxygens (including phenoxy) is 2. The van der Waals surface area contributed by atoms with E-state index < -0.39 is 0 Å². The Kier molecular flexibility index (Phi) is 4.81. The van der Waals surface area contributed by atoms with Crippen molar-refractivity contribution in [2.75, 3.05) is 20.3 Å². The number of nitrogens with one attached hydrogen (secondary N) is 1. The molecule has 0 saturated heterocycles. The van der Waals surface area contributed by atoms with Crippen LogP contribution in [0.15, 0.2) is 24.3 Å².